The van der Waals surface area contributed by atoms with Gasteiger partial charge in [0.05, 0.1) is 0 Å². The molecule has 3 rings (SSSR count). The number of aryl methyl sites for hydroxylation is 2. The van der Waals surface area contributed by atoms with Gasteiger partial charge in [0.1, 0.15) is 11.6 Å². The normalized spacial score (nSPS) is 10.9. The lowest BCUT2D eigenvalue weighted by molar-refractivity contribution is 0.459. The molecule has 0 aliphatic heterocycles. The van der Waals surface area contributed by atoms with Crippen LogP contribution in [0.4, 0.5) is 0 Å². The third-order valence-corrected chi connectivity index (χ3v) is 3.79. The van der Waals surface area contributed by atoms with Crippen molar-refractivity contribution in [2.45, 2.75) is 13.8 Å². The van der Waals surface area contributed by atoms with Crippen molar-refractivity contribution in [2.75, 3.05) is 0 Å². The standard InChI is InChI=1S/C13H11BrN4O2/c1-7-5-9(3-4-10(7)14)20-12-6-11-16-17-13(19)18(11)8(2)15-12/h3-6H,1-2H3,(H,17,19). The van der Waals surface area contributed by atoms with Crippen LogP contribution in [-0.4, -0.2) is 19.6 Å². The second-order valence-electron chi connectivity index (χ2n) is 4.38. The summed E-state index contributed by atoms with van der Waals surface area (Å²) in [6.07, 6.45) is 0. The average Bonchev–Trinajstić information content (AvgIpc) is 2.76. The zero-order chi connectivity index (χ0) is 14.3. The third kappa shape index (κ3) is 2.20. The van der Waals surface area contributed by atoms with Crippen molar-refractivity contribution >= 4 is 21.6 Å². The Morgan fingerprint density at radius 2 is 2.10 bits per heavy atom. The molecule has 1 aromatic carbocycles. The quantitative estimate of drug-likeness (QED) is 0.781. The Hall–Kier alpha value is -2.15. The van der Waals surface area contributed by atoms with Gasteiger partial charge in [-0.2, -0.15) is 10.1 Å². The Morgan fingerprint density at radius 3 is 2.85 bits per heavy atom. The Morgan fingerprint density at radius 1 is 1.30 bits per heavy atom. The summed E-state index contributed by atoms with van der Waals surface area (Å²) in [5.74, 6) is 1.60. The molecule has 0 aliphatic carbocycles. The van der Waals surface area contributed by atoms with E-state index in [9.17, 15) is 4.79 Å². The summed E-state index contributed by atoms with van der Waals surface area (Å²) >= 11 is 3.44. The number of nitrogens with one attached hydrogen (secondary N) is 1. The van der Waals surface area contributed by atoms with E-state index in [1.54, 1.807) is 13.0 Å². The highest BCUT2D eigenvalue weighted by Gasteiger charge is 2.08. The van der Waals surface area contributed by atoms with Crippen molar-refractivity contribution in [3.8, 4) is 11.6 Å². The lowest BCUT2D eigenvalue weighted by atomic mass is 10.2. The van der Waals surface area contributed by atoms with E-state index in [0.717, 1.165) is 10.0 Å². The lowest BCUT2D eigenvalue weighted by Gasteiger charge is -2.07. The van der Waals surface area contributed by atoms with Gasteiger partial charge in [0, 0.05) is 10.5 Å². The average molecular weight is 335 g/mol. The van der Waals surface area contributed by atoms with Gasteiger partial charge in [0.25, 0.3) is 0 Å². The number of rotatable bonds is 2. The molecular weight excluding hydrogens is 324 g/mol. The van der Waals surface area contributed by atoms with Gasteiger partial charge in [-0.1, -0.05) is 15.9 Å². The van der Waals surface area contributed by atoms with Crippen molar-refractivity contribution in [1.29, 1.82) is 0 Å². The van der Waals surface area contributed by atoms with Gasteiger partial charge in [-0.15, -0.1) is 0 Å². The minimum Gasteiger partial charge on any atom is -0.439 e. The van der Waals surface area contributed by atoms with Crippen molar-refractivity contribution < 1.29 is 4.74 Å². The molecule has 0 fully saturated rings. The van der Waals surface area contributed by atoms with Crippen LogP contribution in [0.2, 0.25) is 0 Å². The van der Waals surface area contributed by atoms with Crippen molar-refractivity contribution in [3.63, 3.8) is 0 Å². The van der Waals surface area contributed by atoms with Crippen LogP contribution in [0.3, 0.4) is 0 Å². The van der Waals surface area contributed by atoms with Crippen LogP contribution in [0.25, 0.3) is 5.65 Å². The fourth-order valence-electron chi connectivity index (χ4n) is 1.92. The number of fused-ring (bicyclic) bond motifs is 1. The highest BCUT2D eigenvalue weighted by atomic mass is 79.9. The molecule has 0 amide bonds. The van der Waals surface area contributed by atoms with E-state index >= 15 is 0 Å². The molecule has 0 saturated heterocycles. The van der Waals surface area contributed by atoms with Gasteiger partial charge in [-0.05, 0) is 37.6 Å². The molecule has 0 radical (unpaired) electrons. The van der Waals surface area contributed by atoms with Crippen LogP contribution in [0, 0.1) is 13.8 Å². The molecule has 0 unspecified atom stereocenters. The number of nitrogens with zero attached hydrogens (tertiary/aromatic N) is 3. The molecule has 7 heteroatoms. The van der Waals surface area contributed by atoms with E-state index in [1.165, 1.54) is 4.40 Å². The van der Waals surface area contributed by atoms with E-state index in [1.807, 2.05) is 25.1 Å². The zero-order valence-corrected chi connectivity index (χ0v) is 12.4. The first kappa shape index (κ1) is 12.9. The summed E-state index contributed by atoms with van der Waals surface area (Å²) in [6.45, 7) is 3.70. The van der Waals surface area contributed by atoms with Crippen molar-refractivity contribution in [2.24, 2.45) is 0 Å². The first-order valence-corrected chi connectivity index (χ1v) is 6.72. The number of benzene rings is 1. The SMILES string of the molecule is Cc1cc(Oc2cc3n[nH]c(=O)n3c(C)n2)ccc1Br. The number of hydrogen-bond donors (Lipinski definition) is 1. The molecule has 1 N–H and O–H groups in total. The number of H-pyrrole nitrogens is 1. The smallest absolute Gasteiger partial charge is 0.349 e. The maximum atomic E-state index is 11.5. The fraction of sp³-hybridized carbons (Fsp3) is 0.154. The van der Waals surface area contributed by atoms with Crippen LogP contribution < -0.4 is 10.4 Å². The highest BCUT2D eigenvalue weighted by molar-refractivity contribution is 9.10. The Kier molecular flexibility index (Phi) is 3.06. The second kappa shape index (κ2) is 4.75. The molecule has 0 atom stereocenters. The van der Waals surface area contributed by atoms with Crippen molar-refractivity contribution in [1.82, 2.24) is 19.6 Å². The zero-order valence-electron chi connectivity index (χ0n) is 10.8. The summed E-state index contributed by atoms with van der Waals surface area (Å²) in [7, 11) is 0. The van der Waals surface area contributed by atoms with E-state index in [-0.39, 0.29) is 5.69 Å². The van der Waals surface area contributed by atoms with Crippen LogP contribution >= 0.6 is 15.9 Å². The predicted molar refractivity (Wildman–Crippen MR) is 77.3 cm³/mol. The first-order valence-electron chi connectivity index (χ1n) is 5.93. The molecule has 2 heterocycles. The number of aromatic amines is 1. The maximum Gasteiger partial charge on any atom is 0.349 e. The minimum atomic E-state index is -0.309. The summed E-state index contributed by atoms with van der Waals surface area (Å²) in [4.78, 5) is 15.8. The molecule has 0 spiro atoms. The van der Waals surface area contributed by atoms with Gasteiger partial charge in [-0.3, -0.25) is 0 Å². The molecule has 0 aliphatic rings. The van der Waals surface area contributed by atoms with E-state index < -0.39 is 0 Å². The Balaban J connectivity index is 2.02. The van der Waals surface area contributed by atoms with Gasteiger partial charge >= 0.3 is 5.69 Å². The molecule has 0 saturated carbocycles. The third-order valence-electron chi connectivity index (χ3n) is 2.90. The van der Waals surface area contributed by atoms with Crippen LogP contribution in [0.5, 0.6) is 11.6 Å². The Bertz CT molecular complexity index is 853. The lowest BCUT2D eigenvalue weighted by Crippen LogP contribution is -2.13. The van der Waals surface area contributed by atoms with Crippen LogP contribution in [0.15, 0.2) is 33.5 Å². The second-order valence-corrected chi connectivity index (χ2v) is 5.23. The monoisotopic (exact) mass is 334 g/mol. The number of aromatic nitrogens is 4. The minimum absolute atomic E-state index is 0.309. The van der Waals surface area contributed by atoms with Crippen LogP contribution in [-0.2, 0) is 0 Å². The van der Waals surface area contributed by atoms with Crippen molar-refractivity contribution in [3.05, 3.63) is 50.6 Å². The summed E-state index contributed by atoms with van der Waals surface area (Å²) in [6, 6.07) is 7.27. The molecule has 2 aromatic heterocycles. The van der Waals surface area contributed by atoms with Gasteiger partial charge in [0.2, 0.25) is 5.88 Å². The fourth-order valence-corrected chi connectivity index (χ4v) is 2.17. The predicted octanol–water partition coefficient (Wildman–Crippen LogP) is 2.59. The molecule has 20 heavy (non-hydrogen) atoms. The molecule has 0 bridgehead atoms. The molecular formula is C13H11BrN4O2. The molecule has 6 nitrogen and oxygen atoms in total. The first-order chi connectivity index (χ1) is 9.54. The summed E-state index contributed by atoms with van der Waals surface area (Å²) < 4.78 is 8.12. The Labute approximate surface area is 122 Å². The number of halogens is 1. The van der Waals surface area contributed by atoms with Gasteiger partial charge in [0.15, 0.2) is 5.65 Å². The number of hydrogen-bond acceptors (Lipinski definition) is 4. The van der Waals surface area contributed by atoms with E-state index in [4.69, 9.17) is 4.74 Å². The summed E-state index contributed by atoms with van der Waals surface area (Å²) in [5.41, 5.74) is 1.23. The van der Waals surface area contributed by atoms with E-state index in [2.05, 4.69) is 31.1 Å². The molecule has 3 aromatic rings. The van der Waals surface area contributed by atoms with Crippen LogP contribution in [0.1, 0.15) is 11.4 Å². The van der Waals surface area contributed by atoms with E-state index in [0.29, 0.717) is 23.1 Å². The van der Waals surface area contributed by atoms with Gasteiger partial charge < -0.3 is 4.74 Å². The topological polar surface area (TPSA) is 72.3 Å². The van der Waals surface area contributed by atoms with Gasteiger partial charge in [-0.25, -0.2) is 14.3 Å². The highest BCUT2D eigenvalue weighted by Crippen LogP contribution is 2.25. The molecule has 102 valence electrons. The maximum absolute atomic E-state index is 11.5. The summed E-state index contributed by atoms with van der Waals surface area (Å²) in [5, 5.41) is 6.29. The largest absolute Gasteiger partial charge is 0.439 e. The number of ether oxygens (including phenoxy) is 1.